The van der Waals surface area contributed by atoms with Gasteiger partial charge in [-0.25, -0.2) is 4.68 Å². The van der Waals surface area contributed by atoms with Crippen molar-refractivity contribution in [3.63, 3.8) is 0 Å². The van der Waals surface area contributed by atoms with E-state index in [-0.39, 0.29) is 11.8 Å². The van der Waals surface area contributed by atoms with Gasteiger partial charge in [-0.15, -0.1) is 5.10 Å². The Morgan fingerprint density at radius 1 is 1.00 bits per heavy atom. The first-order chi connectivity index (χ1) is 15.7. The molecule has 0 atom stereocenters. The van der Waals surface area contributed by atoms with Crippen molar-refractivity contribution in [2.24, 2.45) is 0 Å². The first-order valence-corrected chi connectivity index (χ1v) is 10.9. The van der Waals surface area contributed by atoms with Gasteiger partial charge in [-0.3, -0.25) is 14.5 Å². The molecule has 164 valence electrons. The van der Waals surface area contributed by atoms with Crippen LogP contribution in [0.4, 0.5) is 0 Å². The summed E-state index contributed by atoms with van der Waals surface area (Å²) in [5, 5.41) is 14.0. The third-order valence-corrected chi connectivity index (χ3v) is 6.20. The van der Waals surface area contributed by atoms with Gasteiger partial charge in [0.25, 0.3) is 5.91 Å². The highest BCUT2D eigenvalue weighted by molar-refractivity contribution is 5.98. The second kappa shape index (κ2) is 8.88. The number of hydrogen-bond acceptors (Lipinski definition) is 6. The van der Waals surface area contributed by atoms with Gasteiger partial charge < -0.3 is 10.2 Å². The van der Waals surface area contributed by atoms with E-state index < -0.39 is 0 Å². The number of rotatable bonds is 6. The minimum absolute atomic E-state index is 0.0239. The summed E-state index contributed by atoms with van der Waals surface area (Å²) in [6.45, 7) is 4.86. The van der Waals surface area contributed by atoms with E-state index in [0.717, 1.165) is 61.5 Å². The number of amides is 2. The molecule has 3 heterocycles. The van der Waals surface area contributed by atoms with E-state index in [4.69, 9.17) is 0 Å². The maximum absolute atomic E-state index is 12.7. The predicted molar refractivity (Wildman–Crippen MR) is 117 cm³/mol. The number of benzene rings is 2. The summed E-state index contributed by atoms with van der Waals surface area (Å²) in [6, 6.07) is 13.9. The van der Waals surface area contributed by atoms with Crippen molar-refractivity contribution in [1.29, 1.82) is 0 Å². The average Bonchev–Trinajstić information content (AvgIpc) is 3.49. The van der Waals surface area contributed by atoms with E-state index >= 15 is 0 Å². The molecule has 1 aromatic heterocycles. The number of tetrazole rings is 1. The molecule has 0 saturated carbocycles. The highest BCUT2D eigenvalue weighted by Gasteiger charge is 2.22. The van der Waals surface area contributed by atoms with Crippen molar-refractivity contribution in [2.45, 2.75) is 19.4 Å². The fraction of sp³-hybridized carbons (Fsp3) is 0.348. The monoisotopic (exact) mass is 431 g/mol. The topological polar surface area (TPSA) is 96.2 Å². The molecule has 1 fully saturated rings. The van der Waals surface area contributed by atoms with Gasteiger partial charge >= 0.3 is 0 Å². The number of carbonyl (C=O) groups excluding carboxylic acids is 2. The fourth-order valence-corrected chi connectivity index (χ4v) is 4.28. The maximum atomic E-state index is 12.7. The number of fused-ring (bicyclic) bond motifs is 1. The lowest BCUT2D eigenvalue weighted by Crippen LogP contribution is -2.49. The van der Waals surface area contributed by atoms with Gasteiger partial charge in [0, 0.05) is 44.8 Å². The van der Waals surface area contributed by atoms with Gasteiger partial charge in [-0.1, -0.05) is 24.3 Å². The molecule has 0 aliphatic carbocycles. The summed E-state index contributed by atoms with van der Waals surface area (Å²) in [4.78, 5) is 28.8. The van der Waals surface area contributed by atoms with Gasteiger partial charge in [0.15, 0.2) is 0 Å². The van der Waals surface area contributed by atoms with Crippen molar-refractivity contribution in [1.82, 2.24) is 35.3 Å². The van der Waals surface area contributed by atoms with Crippen molar-refractivity contribution in [3.8, 4) is 5.69 Å². The van der Waals surface area contributed by atoms with Crippen LogP contribution in [0.1, 0.15) is 27.0 Å². The highest BCUT2D eigenvalue weighted by Crippen LogP contribution is 2.18. The summed E-state index contributed by atoms with van der Waals surface area (Å²) in [5.74, 6) is 0.186. The zero-order chi connectivity index (χ0) is 21.9. The molecule has 1 N–H and O–H groups in total. The number of piperazine rings is 1. The molecular weight excluding hydrogens is 406 g/mol. The second-order valence-corrected chi connectivity index (χ2v) is 8.24. The Bertz CT molecular complexity index is 1100. The third-order valence-electron chi connectivity index (χ3n) is 6.20. The molecule has 5 rings (SSSR count). The SMILES string of the molecule is O=C1NCc2cc(CCN3CCN(C(=O)Cc4ccc(-n5cnnn5)cc4)CC3)ccc21. The lowest BCUT2D eigenvalue weighted by molar-refractivity contribution is -0.132. The molecule has 9 nitrogen and oxygen atoms in total. The molecule has 1 saturated heterocycles. The maximum Gasteiger partial charge on any atom is 0.251 e. The molecule has 0 spiro atoms. The molecule has 9 heteroatoms. The zero-order valence-electron chi connectivity index (χ0n) is 17.8. The second-order valence-electron chi connectivity index (χ2n) is 8.24. The molecule has 2 amide bonds. The van der Waals surface area contributed by atoms with Crippen LogP contribution in [0, 0.1) is 0 Å². The van der Waals surface area contributed by atoms with Crippen LogP contribution in [0.15, 0.2) is 48.8 Å². The van der Waals surface area contributed by atoms with Crippen molar-refractivity contribution in [3.05, 3.63) is 71.0 Å². The molecule has 2 aromatic carbocycles. The number of nitrogens with one attached hydrogen (secondary N) is 1. The van der Waals surface area contributed by atoms with Gasteiger partial charge in [0.1, 0.15) is 6.33 Å². The number of aromatic nitrogens is 4. The fourth-order valence-electron chi connectivity index (χ4n) is 4.28. The van der Waals surface area contributed by atoms with Crippen molar-refractivity contribution in [2.75, 3.05) is 32.7 Å². The van der Waals surface area contributed by atoms with Crippen LogP contribution >= 0.6 is 0 Å². The van der Waals surface area contributed by atoms with Crippen LogP contribution in [0.25, 0.3) is 5.69 Å². The molecular formula is C23H25N7O2. The minimum Gasteiger partial charge on any atom is -0.348 e. The van der Waals surface area contributed by atoms with Crippen LogP contribution in [-0.4, -0.2) is 74.5 Å². The van der Waals surface area contributed by atoms with E-state index in [1.807, 2.05) is 41.3 Å². The normalized spacial score (nSPS) is 16.1. The Morgan fingerprint density at radius 3 is 2.53 bits per heavy atom. The zero-order valence-corrected chi connectivity index (χ0v) is 17.8. The number of carbonyl (C=O) groups is 2. The summed E-state index contributed by atoms with van der Waals surface area (Å²) in [5.41, 5.74) is 4.99. The van der Waals surface area contributed by atoms with Crippen LogP contribution in [0.5, 0.6) is 0 Å². The van der Waals surface area contributed by atoms with Crippen LogP contribution in [-0.2, 0) is 24.2 Å². The summed E-state index contributed by atoms with van der Waals surface area (Å²) in [7, 11) is 0. The van der Waals surface area contributed by atoms with Gasteiger partial charge in [-0.05, 0) is 51.7 Å². The first-order valence-electron chi connectivity index (χ1n) is 10.9. The van der Waals surface area contributed by atoms with Gasteiger partial charge in [0.05, 0.1) is 12.1 Å². The standard InChI is InChI=1S/C23H25N7O2/c31-22(14-17-1-4-20(5-2-17)30-16-25-26-27-30)29-11-9-28(10-12-29)8-7-18-3-6-21-19(13-18)15-24-23(21)32/h1-6,13,16H,7-12,14-15H2,(H,24,32). The van der Waals surface area contributed by atoms with Crippen LogP contribution in [0.2, 0.25) is 0 Å². The Balaban J connectivity index is 1.08. The molecule has 2 aliphatic heterocycles. The van der Waals surface area contributed by atoms with E-state index in [1.165, 1.54) is 5.56 Å². The van der Waals surface area contributed by atoms with Gasteiger partial charge in [0.2, 0.25) is 5.91 Å². The number of hydrogen-bond donors (Lipinski definition) is 1. The molecule has 0 unspecified atom stereocenters. The van der Waals surface area contributed by atoms with Crippen molar-refractivity contribution < 1.29 is 9.59 Å². The summed E-state index contributed by atoms with van der Waals surface area (Å²) < 4.78 is 1.59. The van der Waals surface area contributed by atoms with Crippen LogP contribution < -0.4 is 5.32 Å². The van der Waals surface area contributed by atoms with E-state index in [2.05, 4.69) is 31.8 Å². The third kappa shape index (κ3) is 4.38. The van der Waals surface area contributed by atoms with Gasteiger partial charge in [-0.2, -0.15) is 0 Å². The predicted octanol–water partition coefficient (Wildman–Crippen LogP) is 0.835. The highest BCUT2D eigenvalue weighted by atomic mass is 16.2. The van der Waals surface area contributed by atoms with Crippen LogP contribution in [0.3, 0.4) is 0 Å². The molecule has 3 aromatic rings. The minimum atomic E-state index is 0.0239. The molecule has 0 bridgehead atoms. The number of nitrogens with zero attached hydrogens (tertiary/aromatic N) is 6. The smallest absolute Gasteiger partial charge is 0.251 e. The summed E-state index contributed by atoms with van der Waals surface area (Å²) in [6.07, 6.45) is 2.89. The average molecular weight is 432 g/mol. The Labute approximate surface area is 186 Å². The van der Waals surface area contributed by atoms with E-state index in [0.29, 0.717) is 13.0 Å². The molecule has 2 aliphatic rings. The molecule has 32 heavy (non-hydrogen) atoms. The Morgan fingerprint density at radius 2 is 1.78 bits per heavy atom. The quantitative estimate of drug-likeness (QED) is 0.621. The van der Waals surface area contributed by atoms with E-state index in [1.54, 1.807) is 11.0 Å². The largest absolute Gasteiger partial charge is 0.348 e. The first kappa shape index (κ1) is 20.3. The lowest BCUT2D eigenvalue weighted by atomic mass is 10.0. The molecule has 0 radical (unpaired) electrons. The van der Waals surface area contributed by atoms with Crippen molar-refractivity contribution >= 4 is 11.8 Å². The Kier molecular flexibility index (Phi) is 5.64. The van der Waals surface area contributed by atoms with E-state index in [9.17, 15) is 9.59 Å². The summed E-state index contributed by atoms with van der Waals surface area (Å²) >= 11 is 0. The lowest BCUT2D eigenvalue weighted by Gasteiger charge is -2.35. The Hall–Kier alpha value is -3.59.